The Kier molecular flexibility index (Phi) is 5.61. The molecule has 4 nitrogen and oxygen atoms in total. The van der Waals surface area contributed by atoms with Gasteiger partial charge in [-0.05, 0) is 43.7 Å². The number of carbonyl (C=O) groups excluding carboxylic acids is 1. The standard InChI is InChI=1S/C20H24ClN3O/c1-15-6-5-7-17(14-15)24-12-10-23(11-13-24)16(2)20(25)22-19-9-4-3-8-18(19)21/h3-9,14,16H,10-13H2,1-2H3,(H,22,25)/t16-/m1/s1. The van der Waals surface area contributed by atoms with E-state index < -0.39 is 0 Å². The van der Waals surface area contributed by atoms with Gasteiger partial charge in [0.2, 0.25) is 5.91 Å². The van der Waals surface area contributed by atoms with Crippen molar-refractivity contribution in [3.05, 3.63) is 59.1 Å². The maximum atomic E-state index is 12.5. The number of hydrogen-bond donors (Lipinski definition) is 1. The van der Waals surface area contributed by atoms with Crippen molar-refractivity contribution in [2.75, 3.05) is 36.4 Å². The van der Waals surface area contributed by atoms with Gasteiger partial charge in [-0.1, -0.05) is 35.9 Å². The second-order valence-corrected chi connectivity index (χ2v) is 6.91. The third kappa shape index (κ3) is 4.33. The zero-order chi connectivity index (χ0) is 17.8. The van der Waals surface area contributed by atoms with E-state index in [9.17, 15) is 4.79 Å². The Morgan fingerprint density at radius 1 is 1.08 bits per heavy atom. The molecular weight excluding hydrogens is 334 g/mol. The van der Waals surface area contributed by atoms with Crippen molar-refractivity contribution in [3.63, 3.8) is 0 Å². The van der Waals surface area contributed by atoms with Gasteiger partial charge in [0.15, 0.2) is 0 Å². The van der Waals surface area contributed by atoms with Crippen LogP contribution in [-0.4, -0.2) is 43.0 Å². The van der Waals surface area contributed by atoms with Gasteiger partial charge in [-0.3, -0.25) is 9.69 Å². The SMILES string of the molecule is Cc1cccc(N2CCN([C@H](C)C(=O)Nc3ccccc3Cl)CC2)c1. The first-order valence-corrected chi connectivity index (χ1v) is 9.03. The van der Waals surface area contributed by atoms with Crippen LogP contribution in [0.15, 0.2) is 48.5 Å². The summed E-state index contributed by atoms with van der Waals surface area (Å²) in [6.45, 7) is 7.64. The molecule has 1 fully saturated rings. The van der Waals surface area contributed by atoms with Crippen LogP contribution in [0.3, 0.4) is 0 Å². The van der Waals surface area contributed by atoms with Gasteiger partial charge in [0.1, 0.15) is 0 Å². The maximum Gasteiger partial charge on any atom is 0.241 e. The Morgan fingerprint density at radius 2 is 1.80 bits per heavy atom. The zero-order valence-corrected chi connectivity index (χ0v) is 15.5. The predicted molar refractivity (Wildman–Crippen MR) is 105 cm³/mol. The fourth-order valence-corrected chi connectivity index (χ4v) is 3.34. The number of piperazine rings is 1. The molecule has 1 aliphatic rings. The minimum absolute atomic E-state index is 0.0166. The molecule has 0 bridgehead atoms. The second kappa shape index (κ2) is 7.89. The average Bonchev–Trinajstić information content (AvgIpc) is 2.63. The molecule has 1 atom stereocenters. The molecule has 1 aliphatic heterocycles. The van der Waals surface area contributed by atoms with Crippen molar-refractivity contribution < 1.29 is 4.79 Å². The fraction of sp³-hybridized carbons (Fsp3) is 0.350. The molecular formula is C20H24ClN3O. The number of carbonyl (C=O) groups is 1. The molecule has 1 amide bonds. The molecule has 0 unspecified atom stereocenters. The van der Waals surface area contributed by atoms with Gasteiger partial charge in [0.25, 0.3) is 0 Å². The number of nitrogens with zero attached hydrogens (tertiary/aromatic N) is 2. The Morgan fingerprint density at radius 3 is 2.48 bits per heavy atom. The van der Waals surface area contributed by atoms with Crippen LogP contribution in [0.2, 0.25) is 5.02 Å². The molecule has 0 spiro atoms. The molecule has 0 radical (unpaired) electrons. The Bertz CT molecular complexity index is 741. The molecule has 0 aromatic heterocycles. The Hall–Kier alpha value is -2.04. The van der Waals surface area contributed by atoms with Crippen LogP contribution in [0.25, 0.3) is 0 Å². The van der Waals surface area contributed by atoms with Crippen molar-refractivity contribution in [1.29, 1.82) is 0 Å². The van der Waals surface area contributed by atoms with Crippen molar-refractivity contribution in [1.82, 2.24) is 4.90 Å². The van der Waals surface area contributed by atoms with Crippen LogP contribution in [0.4, 0.5) is 11.4 Å². The molecule has 3 rings (SSSR count). The summed E-state index contributed by atoms with van der Waals surface area (Å²) in [5.41, 5.74) is 3.19. The lowest BCUT2D eigenvalue weighted by Crippen LogP contribution is -2.52. The number of anilines is 2. The number of nitrogens with one attached hydrogen (secondary N) is 1. The van der Waals surface area contributed by atoms with Crippen molar-refractivity contribution in [3.8, 4) is 0 Å². The Balaban J connectivity index is 1.57. The molecule has 2 aromatic rings. The number of para-hydroxylation sites is 1. The van der Waals surface area contributed by atoms with E-state index in [1.54, 1.807) is 6.07 Å². The third-order valence-corrected chi connectivity index (χ3v) is 5.07. The molecule has 5 heteroatoms. The van der Waals surface area contributed by atoms with E-state index in [1.807, 2.05) is 25.1 Å². The summed E-state index contributed by atoms with van der Waals surface area (Å²) >= 11 is 6.12. The lowest BCUT2D eigenvalue weighted by atomic mass is 10.1. The van der Waals surface area contributed by atoms with Gasteiger partial charge in [0, 0.05) is 31.9 Å². The minimum Gasteiger partial charge on any atom is -0.369 e. The normalized spacial score (nSPS) is 16.5. The van der Waals surface area contributed by atoms with Crippen LogP contribution in [0, 0.1) is 6.92 Å². The molecule has 1 saturated heterocycles. The highest BCUT2D eigenvalue weighted by Crippen LogP contribution is 2.22. The second-order valence-electron chi connectivity index (χ2n) is 6.51. The lowest BCUT2D eigenvalue weighted by Gasteiger charge is -2.38. The van der Waals surface area contributed by atoms with Gasteiger partial charge in [-0.25, -0.2) is 0 Å². The van der Waals surface area contributed by atoms with Gasteiger partial charge in [-0.2, -0.15) is 0 Å². The maximum absolute atomic E-state index is 12.5. The summed E-state index contributed by atoms with van der Waals surface area (Å²) < 4.78 is 0. The van der Waals surface area contributed by atoms with Crippen LogP contribution in [-0.2, 0) is 4.79 Å². The average molecular weight is 358 g/mol. The van der Waals surface area contributed by atoms with Crippen molar-refractivity contribution >= 4 is 28.9 Å². The summed E-state index contributed by atoms with van der Waals surface area (Å²) in [5, 5.41) is 3.49. The minimum atomic E-state index is -0.184. The molecule has 0 saturated carbocycles. The van der Waals surface area contributed by atoms with Gasteiger partial charge in [0.05, 0.1) is 16.8 Å². The number of halogens is 1. The van der Waals surface area contributed by atoms with E-state index in [0.29, 0.717) is 10.7 Å². The fourth-order valence-electron chi connectivity index (χ4n) is 3.16. The highest BCUT2D eigenvalue weighted by atomic mass is 35.5. The highest BCUT2D eigenvalue weighted by Gasteiger charge is 2.26. The lowest BCUT2D eigenvalue weighted by molar-refractivity contribution is -0.120. The Labute approximate surface area is 154 Å². The molecule has 25 heavy (non-hydrogen) atoms. The summed E-state index contributed by atoms with van der Waals surface area (Å²) in [6.07, 6.45) is 0. The summed E-state index contributed by atoms with van der Waals surface area (Å²) in [4.78, 5) is 17.1. The van der Waals surface area contributed by atoms with Crippen molar-refractivity contribution in [2.24, 2.45) is 0 Å². The number of amides is 1. The molecule has 132 valence electrons. The van der Waals surface area contributed by atoms with Gasteiger partial charge < -0.3 is 10.2 Å². The first-order chi connectivity index (χ1) is 12.0. The quantitative estimate of drug-likeness (QED) is 0.904. The third-order valence-electron chi connectivity index (χ3n) is 4.74. The van der Waals surface area contributed by atoms with Gasteiger partial charge in [-0.15, -0.1) is 0 Å². The van der Waals surface area contributed by atoms with E-state index in [2.05, 4.69) is 46.3 Å². The topological polar surface area (TPSA) is 35.6 Å². The monoisotopic (exact) mass is 357 g/mol. The van der Waals surface area contributed by atoms with Crippen LogP contribution >= 0.6 is 11.6 Å². The van der Waals surface area contributed by atoms with Crippen LogP contribution in [0.5, 0.6) is 0 Å². The summed E-state index contributed by atoms with van der Waals surface area (Å²) in [7, 11) is 0. The molecule has 1 N–H and O–H groups in total. The van der Waals surface area contributed by atoms with Gasteiger partial charge >= 0.3 is 0 Å². The summed E-state index contributed by atoms with van der Waals surface area (Å²) in [5.74, 6) is -0.0166. The number of hydrogen-bond acceptors (Lipinski definition) is 3. The number of benzene rings is 2. The predicted octanol–water partition coefficient (Wildman–Crippen LogP) is 3.80. The number of rotatable bonds is 4. The zero-order valence-electron chi connectivity index (χ0n) is 14.7. The van der Waals surface area contributed by atoms with E-state index in [1.165, 1.54) is 11.3 Å². The largest absolute Gasteiger partial charge is 0.369 e. The van der Waals surface area contributed by atoms with E-state index >= 15 is 0 Å². The smallest absolute Gasteiger partial charge is 0.241 e. The highest BCUT2D eigenvalue weighted by molar-refractivity contribution is 6.33. The summed E-state index contributed by atoms with van der Waals surface area (Å²) in [6, 6.07) is 15.7. The van der Waals surface area contributed by atoms with E-state index in [-0.39, 0.29) is 11.9 Å². The first kappa shape index (κ1) is 17.8. The van der Waals surface area contributed by atoms with E-state index in [0.717, 1.165) is 26.2 Å². The molecule has 1 heterocycles. The van der Waals surface area contributed by atoms with E-state index in [4.69, 9.17) is 11.6 Å². The van der Waals surface area contributed by atoms with Crippen LogP contribution < -0.4 is 10.2 Å². The first-order valence-electron chi connectivity index (χ1n) is 8.65. The molecule has 2 aromatic carbocycles. The number of aryl methyl sites for hydroxylation is 1. The molecule has 0 aliphatic carbocycles. The van der Waals surface area contributed by atoms with Crippen LogP contribution in [0.1, 0.15) is 12.5 Å². The van der Waals surface area contributed by atoms with Crippen molar-refractivity contribution in [2.45, 2.75) is 19.9 Å².